The Morgan fingerprint density at radius 1 is 1.33 bits per heavy atom. The number of aryl methyl sites for hydroxylation is 1. The van der Waals surface area contributed by atoms with Gasteiger partial charge in [0.2, 0.25) is 0 Å². The maximum Gasteiger partial charge on any atom is 0.191 e. The van der Waals surface area contributed by atoms with E-state index in [-0.39, 0.29) is 0 Å². The fraction of sp³-hybridized carbons (Fsp3) is 0.733. The van der Waals surface area contributed by atoms with Crippen molar-refractivity contribution >= 4 is 17.3 Å². The molecule has 6 heteroatoms. The first-order chi connectivity index (χ1) is 10.2. The van der Waals surface area contributed by atoms with Crippen molar-refractivity contribution in [3.63, 3.8) is 0 Å². The first kappa shape index (κ1) is 17.9. The second-order valence-corrected chi connectivity index (χ2v) is 6.52. The predicted octanol–water partition coefficient (Wildman–Crippen LogP) is 1.89. The van der Waals surface area contributed by atoms with Gasteiger partial charge in [0.05, 0.1) is 5.01 Å². The quantitative estimate of drug-likeness (QED) is 0.540. The van der Waals surface area contributed by atoms with Crippen LogP contribution in [0.5, 0.6) is 0 Å². The second-order valence-electron chi connectivity index (χ2n) is 5.20. The molecule has 1 heterocycles. The Labute approximate surface area is 132 Å². The van der Waals surface area contributed by atoms with Gasteiger partial charge in [-0.2, -0.15) is 0 Å². The van der Waals surface area contributed by atoms with Crippen LogP contribution in [0, 0.1) is 6.92 Å². The van der Waals surface area contributed by atoms with E-state index in [0.717, 1.165) is 38.6 Å². The number of guanidine groups is 1. The van der Waals surface area contributed by atoms with Gasteiger partial charge < -0.3 is 15.5 Å². The average molecular weight is 311 g/mol. The van der Waals surface area contributed by atoms with Crippen molar-refractivity contribution in [3.05, 3.63) is 16.1 Å². The molecule has 0 aliphatic heterocycles. The zero-order valence-corrected chi connectivity index (χ0v) is 14.6. The molecule has 0 aliphatic rings. The van der Waals surface area contributed by atoms with E-state index < -0.39 is 0 Å². The van der Waals surface area contributed by atoms with E-state index in [1.54, 1.807) is 11.3 Å². The number of aromatic nitrogens is 1. The Bertz CT molecular complexity index is 416. The number of hydrogen-bond donors (Lipinski definition) is 2. The van der Waals surface area contributed by atoms with E-state index in [0.29, 0.717) is 0 Å². The summed E-state index contributed by atoms with van der Waals surface area (Å²) < 4.78 is 0. The third kappa shape index (κ3) is 8.02. The SMILES string of the molecule is CCCCN(C)CCNC(=NC)NCCc1ncc(C)s1. The number of nitrogens with one attached hydrogen (secondary N) is 2. The predicted molar refractivity (Wildman–Crippen MR) is 92.3 cm³/mol. The van der Waals surface area contributed by atoms with E-state index >= 15 is 0 Å². The van der Waals surface area contributed by atoms with Gasteiger partial charge in [0.15, 0.2) is 5.96 Å². The zero-order chi connectivity index (χ0) is 15.5. The average Bonchev–Trinajstić information content (AvgIpc) is 2.89. The number of unbranched alkanes of at least 4 members (excludes halogenated alkanes) is 1. The summed E-state index contributed by atoms with van der Waals surface area (Å²) in [6.45, 7) is 8.28. The standard InChI is InChI=1S/C15H29N5S/c1-5-6-10-20(4)11-9-18-15(16-3)17-8-7-14-19-12-13(2)21-14/h12H,5-11H2,1-4H3,(H2,16,17,18). The molecule has 0 aliphatic carbocycles. The Hall–Kier alpha value is -1.14. The van der Waals surface area contributed by atoms with Crippen molar-refractivity contribution in [2.24, 2.45) is 4.99 Å². The summed E-state index contributed by atoms with van der Waals surface area (Å²) >= 11 is 1.76. The van der Waals surface area contributed by atoms with Gasteiger partial charge in [-0.15, -0.1) is 11.3 Å². The molecular formula is C15H29N5S. The molecule has 120 valence electrons. The summed E-state index contributed by atoms with van der Waals surface area (Å²) in [4.78, 5) is 12.2. The molecule has 1 aromatic rings. The Kier molecular flexibility index (Phi) is 9.01. The molecule has 5 nitrogen and oxygen atoms in total. The molecule has 0 radical (unpaired) electrons. The summed E-state index contributed by atoms with van der Waals surface area (Å²) in [6.07, 6.45) is 5.38. The van der Waals surface area contributed by atoms with Crippen LogP contribution >= 0.6 is 11.3 Å². The molecule has 0 aromatic carbocycles. The van der Waals surface area contributed by atoms with Gasteiger partial charge in [-0.05, 0) is 26.9 Å². The highest BCUT2D eigenvalue weighted by Gasteiger charge is 2.02. The molecule has 0 spiro atoms. The van der Waals surface area contributed by atoms with Crippen LogP contribution in [0.15, 0.2) is 11.2 Å². The highest BCUT2D eigenvalue weighted by Crippen LogP contribution is 2.10. The van der Waals surface area contributed by atoms with E-state index in [2.05, 4.69) is 46.4 Å². The first-order valence-electron chi connectivity index (χ1n) is 7.70. The van der Waals surface area contributed by atoms with E-state index in [1.165, 1.54) is 22.7 Å². The molecule has 0 saturated heterocycles. The highest BCUT2D eigenvalue weighted by atomic mass is 32.1. The lowest BCUT2D eigenvalue weighted by Gasteiger charge is -2.17. The summed E-state index contributed by atoms with van der Waals surface area (Å²) in [5.74, 6) is 0.868. The van der Waals surface area contributed by atoms with Gasteiger partial charge >= 0.3 is 0 Å². The van der Waals surface area contributed by atoms with Gasteiger partial charge in [0.25, 0.3) is 0 Å². The van der Waals surface area contributed by atoms with Crippen LogP contribution in [0.4, 0.5) is 0 Å². The summed E-state index contributed by atoms with van der Waals surface area (Å²) in [6, 6.07) is 0. The van der Waals surface area contributed by atoms with Crippen LogP contribution in [0.25, 0.3) is 0 Å². The monoisotopic (exact) mass is 311 g/mol. The van der Waals surface area contributed by atoms with Crippen molar-refractivity contribution in [1.82, 2.24) is 20.5 Å². The van der Waals surface area contributed by atoms with Gasteiger partial charge in [0.1, 0.15) is 0 Å². The first-order valence-corrected chi connectivity index (χ1v) is 8.51. The van der Waals surface area contributed by atoms with Crippen LogP contribution in [-0.2, 0) is 6.42 Å². The molecular weight excluding hydrogens is 282 g/mol. The maximum absolute atomic E-state index is 4.36. The molecule has 2 N–H and O–H groups in total. The van der Waals surface area contributed by atoms with Crippen LogP contribution in [0.2, 0.25) is 0 Å². The third-order valence-corrected chi connectivity index (χ3v) is 4.18. The topological polar surface area (TPSA) is 52.5 Å². The van der Waals surface area contributed by atoms with Crippen LogP contribution in [-0.4, -0.2) is 56.1 Å². The summed E-state index contributed by atoms with van der Waals surface area (Å²) in [5, 5.41) is 7.86. The lowest BCUT2D eigenvalue weighted by Crippen LogP contribution is -2.41. The maximum atomic E-state index is 4.36. The molecule has 0 unspecified atom stereocenters. The Balaban J connectivity index is 2.14. The van der Waals surface area contributed by atoms with Crippen LogP contribution in [0.1, 0.15) is 29.7 Å². The molecule has 0 bridgehead atoms. The number of rotatable bonds is 9. The molecule has 0 amide bonds. The fourth-order valence-electron chi connectivity index (χ4n) is 1.93. The number of hydrogen-bond acceptors (Lipinski definition) is 4. The minimum Gasteiger partial charge on any atom is -0.356 e. The summed E-state index contributed by atoms with van der Waals surface area (Å²) in [5.41, 5.74) is 0. The number of nitrogens with zero attached hydrogens (tertiary/aromatic N) is 3. The molecule has 1 aromatic heterocycles. The van der Waals surface area contributed by atoms with Crippen LogP contribution in [0.3, 0.4) is 0 Å². The molecule has 21 heavy (non-hydrogen) atoms. The lowest BCUT2D eigenvalue weighted by atomic mass is 10.3. The van der Waals surface area contributed by atoms with Gasteiger partial charge in [-0.1, -0.05) is 13.3 Å². The Morgan fingerprint density at radius 3 is 2.71 bits per heavy atom. The van der Waals surface area contributed by atoms with Crippen molar-refractivity contribution < 1.29 is 0 Å². The lowest BCUT2D eigenvalue weighted by molar-refractivity contribution is 0.332. The number of aliphatic imine (C=N–C) groups is 1. The molecule has 0 saturated carbocycles. The van der Waals surface area contributed by atoms with Crippen molar-refractivity contribution in [3.8, 4) is 0 Å². The van der Waals surface area contributed by atoms with Crippen molar-refractivity contribution in [2.45, 2.75) is 33.1 Å². The van der Waals surface area contributed by atoms with Crippen LogP contribution < -0.4 is 10.6 Å². The Morgan fingerprint density at radius 2 is 2.10 bits per heavy atom. The largest absolute Gasteiger partial charge is 0.356 e. The highest BCUT2D eigenvalue weighted by molar-refractivity contribution is 7.11. The van der Waals surface area contributed by atoms with E-state index in [1.807, 2.05) is 13.2 Å². The van der Waals surface area contributed by atoms with E-state index in [4.69, 9.17) is 0 Å². The minimum atomic E-state index is 0.859. The normalized spacial score (nSPS) is 12.0. The smallest absolute Gasteiger partial charge is 0.191 e. The van der Waals surface area contributed by atoms with Gasteiger partial charge in [-0.3, -0.25) is 4.99 Å². The third-order valence-electron chi connectivity index (χ3n) is 3.20. The zero-order valence-electron chi connectivity index (χ0n) is 13.8. The summed E-state index contributed by atoms with van der Waals surface area (Å²) in [7, 11) is 3.97. The fourth-order valence-corrected chi connectivity index (χ4v) is 2.72. The number of likely N-dealkylation sites (N-methyl/N-ethyl adjacent to an activating group) is 1. The number of thiazole rings is 1. The second kappa shape index (κ2) is 10.6. The molecule has 0 atom stereocenters. The van der Waals surface area contributed by atoms with Gasteiger partial charge in [-0.25, -0.2) is 4.98 Å². The van der Waals surface area contributed by atoms with Crippen molar-refractivity contribution in [1.29, 1.82) is 0 Å². The van der Waals surface area contributed by atoms with Gasteiger partial charge in [0, 0.05) is 44.2 Å². The van der Waals surface area contributed by atoms with Crippen molar-refractivity contribution in [2.75, 3.05) is 40.3 Å². The molecule has 1 rings (SSSR count). The minimum absolute atomic E-state index is 0.859. The molecule has 0 fully saturated rings. The van der Waals surface area contributed by atoms with E-state index in [9.17, 15) is 0 Å².